The highest BCUT2D eigenvalue weighted by molar-refractivity contribution is 5.94. The molecule has 0 fully saturated rings. The molecule has 0 aliphatic carbocycles. The minimum absolute atomic E-state index is 0.0898. The number of hydrogen-bond acceptors (Lipinski definition) is 5. The zero-order valence-electron chi connectivity index (χ0n) is 13.0. The van der Waals surface area contributed by atoms with Crippen molar-refractivity contribution in [2.45, 2.75) is 38.5 Å². The third-order valence-corrected chi connectivity index (χ3v) is 3.89. The molecular weight excluding hydrogens is 286 g/mol. The minimum Gasteiger partial charge on any atom is -0.484 e. The van der Waals surface area contributed by atoms with E-state index in [1.165, 1.54) is 11.8 Å². The zero-order valence-corrected chi connectivity index (χ0v) is 13.0. The average Bonchev–Trinajstić information content (AvgIpc) is 2.46. The van der Waals surface area contributed by atoms with E-state index in [9.17, 15) is 14.4 Å². The smallest absolute Gasteiger partial charge is 0.293 e. The monoisotopic (exact) mass is 305 g/mol. The van der Waals surface area contributed by atoms with Crippen LogP contribution in [0.3, 0.4) is 0 Å². The quantitative estimate of drug-likeness (QED) is 0.612. The van der Waals surface area contributed by atoms with Gasteiger partial charge in [-0.25, -0.2) is 0 Å². The maximum atomic E-state index is 11.6. The number of fused-ring (bicyclic) bond motifs is 1. The van der Waals surface area contributed by atoms with Gasteiger partial charge in [0.2, 0.25) is 6.41 Å². The Morgan fingerprint density at radius 1 is 1.36 bits per heavy atom. The van der Waals surface area contributed by atoms with E-state index in [4.69, 9.17) is 9.47 Å². The number of amides is 1. The Bertz CT molecular complexity index is 611. The Balaban J connectivity index is 2.62. The van der Waals surface area contributed by atoms with Crippen LogP contribution in [-0.4, -0.2) is 42.3 Å². The lowest BCUT2D eigenvalue weighted by Gasteiger charge is -2.45. The van der Waals surface area contributed by atoms with Crippen LogP contribution in [0.15, 0.2) is 18.2 Å². The number of carbonyl (C=O) groups excluding carboxylic acids is 3. The van der Waals surface area contributed by atoms with Gasteiger partial charge in [0, 0.05) is 18.2 Å². The first-order valence-corrected chi connectivity index (χ1v) is 6.92. The second-order valence-electron chi connectivity index (χ2n) is 5.88. The first-order chi connectivity index (χ1) is 10.3. The number of Topliss-reactive ketones (excluding diaryl/α,β-unsaturated/α-hetero) is 1. The van der Waals surface area contributed by atoms with Crippen LogP contribution in [-0.2, 0) is 14.3 Å². The highest BCUT2D eigenvalue weighted by Gasteiger charge is 2.47. The minimum atomic E-state index is -0.812. The SMILES string of the molecule is CC(=O)c1ccc2c(c1)C(N(C)C=O)C(OC=O)C(C)(C)O2. The fourth-order valence-corrected chi connectivity index (χ4v) is 2.77. The molecule has 6 heteroatoms. The molecular formula is C16H19NO5. The van der Waals surface area contributed by atoms with Crippen LogP contribution < -0.4 is 4.74 Å². The fourth-order valence-electron chi connectivity index (χ4n) is 2.77. The van der Waals surface area contributed by atoms with Crippen molar-refractivity contribution < 1.29 is 23.9 Å². The van der Waals surface area contributed by atoms with Crippen molar-refractivity contribution in [1.29, 1.82) is 0 Å². The van der Waals surface area contributed by atoms with Crippen LogP contribution >= 0.6 is 0 Å². The fraction of sp³-hybridized carbons (Fsp3) is 0.438. The first-order valence-electron chi connectivity index (χ1n) is 6.92. The largest absolute Gasteiger partial charge is 0.484 e. The molecule has 0 aromatic heterocycles. The lowest BCUT2D eigenvalue weighted by Crippen LogP contribution is -2.54. The third kappa shape index (κ3) is 2.68. The lowest BCUT2D eigenvalue weighted by atomic mass is 9.85. The van der Waals surface area contributed by atoms with E-state index in [-0.39, 0.29) is 5.78 Å². The molecule has 6 nitrogen and oxygen atoms in total. The number of ether oxygens (including phenoxy) is 2. The molecule has 0 saturated heterocycles. The molecule has 0 bridgehead atoms. The average molecular weight is 305 g/mol. The van der Waals surface area contributed by atoms with E-state index in [0.717, 1.165) is 0 Å². The van der Waals surface area contributed by atoms with Crippen LogP contribution in [0, 0.1) is 0 Å². The number of rotatable bonds is 5. The predicted molar refractivity (Wildman–Crippen MR) is 78.7 cm³/mol. The molecule has 0 saturated carbocycles. The molecule has 1 heterocycles. The van der Waals surface area contributed by atoms with Gasteiger partial charge in [-0.15, -0.1) is 0 Å². The standard InChI is InChI=1S/C16H19NO5/c1-10(20)11-5-6-13-12(7-11)14(17(4)8-18)15(21-9-19)16(2,3)22-13/h5-9,14-15H,1-4H3. The van der Waals surface area contributed by atoms with Crippen LogP contribution in [0.4, 0.5) is 0 Å². The highest BCUT2D eigenvalue weighted by Crippen LogP contribution is 2.43. The lowest BCUT2D eigenvalue weighted by molar-refractivity contribution is -0.158. The van der Waals surface area contributed by atoms with E-state index in [1.54, 1.807) is 39.1 Å². The van der Waals surface area contributed by atoms with Gasteiger partial charge in [0.25, 0.3) is 6.47 Å². The molecule has 0 N–H and O–H groups in total. The third-order valence-electron chi connectivity index (χ3n) is 3.89. The van der Waals surface area contributed by atoms with Gasteiger partial charge in [-0.2, -0.15) is 0 Å². The summed E-state index contributed by atoms with van der Waals surface area (Å²) in [5, 5.41) is 0. The molecule has 2 unspecified atom stereocenters. The summed E-state index contributed by atoms with van der Waals surface area (Å²) in [6.07, 6.45) is -0.0211. The van der Waals surface area contributed by atoms with Gasteiger partial charge < -0.3 is 14.4 Å². The Morgan fingerprint density at radius 2 is 2.05 bits per heavy atom. The van der Waals surface area contributed by atoms with Crippen LogP contribution in [0.5, 0.6) is 5.75 Å². The van der Waals surface area contributed by atoms with Gasteiger partial charge >= 0.3 is 0 Å². The summed E-state index contributed by atoms with van der Waals surface area (Å²) in [7, 11) is 1.60. The summed E-state index contributed by atoms with van der Waals surface area (Å²) < 4.78 is 11.1. The number of nitrogens with zero attached hydrogens (tertiary/aromatic N) is 1. The topological polar surface area (TPSA) is 72.9 Å². The van der Waals surface area contributed by atoms with Crippen molar-refractivity contribution in [2.75, 3.05) is 7.05 Å². The summed E-state index contributed by atoms with van der Waals surface area (Å²) in [6.45, 7) is 5.39. The van der Waals surface area contributed by atoms with E-state index in [1.807, 2.05) is 0 Å². The first kappa shape index (κ1) is 16.0. The van der Waals surface area contributed by atoms with Gasteiger partial charge in [0.15, 0.2) is 11.9 Å². The van der Waals surface area contributed by atoms with Crippen molar-refractivity contribution in [2.24, 2.45) is 0 Å². The Morgan fingerprint density at radius 3 is 2.59 bits per heavy atom. The molecule has 2 rings (SSSR count). The van der Waals surface area contributed by atoms with Gasteiger partial charge in [-0.1, -0.05) is 0 Å². The van der Waals surface area contributed by atoms with Crippen molar-refractivity contribution in [3.63, 3.8) is 0 Å². The Kier molecular flexibility index (Phi) is 4.21. The number of likely N-dealkylation sites (N-methyl/N-ethyl adjacent to an activating group) is 1. The van der Waals surface area contributed by atoms with Crippen LogP contribution in [0.1, 0.15) is 42.7 Å². The van der Waals surface area contributed by atoms with E-state index < -0.39 is 17.7 Å². The van der Waals surface area contributed by atoms with Crippen molar-refractivity contribution in [3.05, 3.63) is 29.3 Å². The van der Waals surface area contributed by atoms with E-state index >= 15 is 0 Å². The van der Waals surface area contributed by atoms with E-state index in [0.29, 0.717) is 29.8 Å². The normalized spacial score (nSPS) is 22.0. The number of ketones is 1. The molecule has 0 radical (unpaired) electrons. The second kappa shape index (κ2) is 5.79. The summed E-state index contributed by atoms with van der Waals surface area (Å²) >= 11 is 0. The summed E-state index contributed by atoms with van der Waals surface area (Å²) in [5.74, 6) is 0.479. The maximum absolute atomic E-state index is 11.6. The molecule has 118 valence electrons. The summed E-state index contributed by atoms with van der Waals surface area (Å²) in [6, 6.07) is 4.53. The van der Waals surface area contributed by atoms with Gasteiger partial charge in [0.05, 0.1) is 0 Å². The van der Waals surface area contributed by atoms with Crippen molar-refractivity contribution in [3.8, 4) is 5.75 Å². The highest BCUT2D eigenvalue weighted by atomic mass is 16.6. The van der Waals surface area contributed by atoms with Crippen molar-refractivity contribution in [1.82, 2.24) is 4.90 Å². The number of benzene rings is 1. The van der Waals surface area contributed by atoms with Gasteiger partial charge in [-0.05, 0) is 39.0 Å². The van der Waals surface area contributed by atoms with E-state index in [2.05, 4.69) is 0 Å². The second-order valence-corrected chi connectivity index (χ2v) is 5.88. The molecule has 1 aliphatic rings. The Hall–Kier alpha value is -2.37. The zero-order chi connectivity index (χ0) is 16.5. The number of carbonyl (C=O) groups is 3. The molecule has 1 aromatic rings. The Labute approximate surface area is 129 Å². The van der Waals surface area contributed by atoms with Gasteiger partial charge in [-0.3, -0.25) is 14.4 Å². The van der Waals surface area contributed by atoms with Crippen molar-refractivity contribution >= 4 is 18.7 Å². The van der Waals surface area contributed by atoms with Gasteiger partial charge in [0.1, 0.15) is 17.4 Å². The molecule has 1 aliphatic heterocycles. The molecule has 1 amide bonds. The van der Waals surface area contributed by atoms with Crippen LogP contribution in [0.2, 0.25) is 0 Å². The molecule has 22 heavy (non-hydrogen) atoms. The maximum Gasteiger partial charge on any atom is 0.293 e. The summed E-state index contributed by atoms with van der Waals surface area (Å²) in [5.41, 5.74) is 0.345. The number of hydrogen-bond donors (Lipinski definition) is 0. The van der Waals surface area contributed by atoms with Crippen LogP contribution in [0.25, 0.3) is 0 Å². The predicted octanol–water partition coefficient (Wildman–Crippen LogP) is 1.73. The molecule has 2 atom stereocenters. The molecule has 1 aromatic carbocycles. The summed E-state index contributed by atoms with van der Waals surface area (Å²) in [4.78, 5) is 35.2. The molecule has 0 spiro atoms.